The molecule has 2 aliphatic rings. The summed E-state index contributed by atoms with van der Waals surface area (Å²) in [6.07, 6.45) is 5.64. The van der Waals surface area contributed by atoms with Gasteiger partial charge in [0.15, 0.2) is 5.65 Å². The van der Waals surface area contributed by atoms with Gasteiger partial charge in [0.25, 0.3) is 0 Å². The molecule has 0 unspecified atom stereocenters. The molecule has 4 aromatic heterocycles. The van der Waals surface area contributed by atoms with E-state index >= 15 is 0 Å². The molecule has 0 radical (unpaired) electrons. The van der Waals surface area contributed by atoms with Gasteiger partial charge >= 0.3 is 0 Å². The molecule has 162 valence electrons. The summed E-state index contributed by atoms with van der Waals surface area (Å²) in [5.74, 6) is 0. The fraction of sp³-hybridized carbons (Fsp3) is 0.0645. The molecule has 3 aromatic carbocycles. The summed E-state index contributed by atoms with van der Waals surface area (Å²) in [7, 11) is 0. The molecule has 4 nitrogen and oxygen atoms in total. The molecule has 0 saturated heterocycles. The van der Waals surface area contributed by atoms with Gasteiger partial charge in [0.2, 0.25) is 0 Å². The van der Waals surface area contributed by atoms with Crippen molar-refractivity contribution in [2.24, 2.45) is 0 Å². The molecule has 35 heavy (non-hydrogen) atoms. The maximum atomic E-state index is 5.11. The average molecular weight is 447 g/mol. The third kappa shape index (κ3) is 2.11. The van der Waals surface area contributed by atoms with Crippen LogP contribution in [-0.4, -0.2) is 19.4 Å². The van der Waals surface area contributed by atoms with Crippen LogP contribution >= 0.6 is 0 Å². The molecule has 2 aliphatic carbocycles. The molecule has 9 rings (SSSR count). The Kier molecular flexibility index (Phi) is 3.11. The number of fused-ring (bicyclic) bond motifs is 16. The molecule has 4 heteroatoms. The van der Waals surface area contributed by atoms with E-state index in [1.54, 1.807) is 0 Å². The number of rotatable bonds is 0. The van der Waals surface area contributed by atoms with Gasteiger partial charge in [0, 0.05) is 23.2 Å². The number of pyridine rings is 3. The van der Waals surface area contributed by atoms with Gasteiger partial charge in [-0.3, -0.25) is 9.38 Å². The van der Waals surface area contributed by atoms with Crippen molar-refractivity contribution in [2.75, 3.05) is 0 Å². The summed E-state index contributed by atoms with van der Waals surface area (Å²) in [5.41, 5.74) is 15.9. The second-order valence-electron chi connectivity index (χ2n) is 9.65. The highest BCUT2D eigenvalue weighted by Crippen LogP contribution is 2.51. The Morgan fingerprint density at radius 2 is 1.46 bits per heavy atom. The van der Waals surface area contributed by atoms with Crippen molar-refractivity contribution in [3.63, 3.8) is 0 Å². The van der Waals surface area contributed by atoms with Gasteiger partial charge in [-0.25, -0.2) is 9.97 Å². The fourth-order valence-corrected chi connectivity index (χ4v) is 6.52. The average Bonchev–Trinajstić information content (AvgIpc) is 3.59. The maximum absolute atomic E-state index is 5.11. The van der Waals surface area contributed by atoms with E-state index in [0.29, 0.717) is 0 Å². The fourth-order valence-electron chi connectivity index (χ4n) is 6.52. The largest absolute Gasteiger partial charge is 0.274 e. The summed E-state index contributed by atoms with van der Waals surface area (Å²) >= 11 is 0. The van der Waals surface area contributed by atoms with E-state index in [0.717, 1.165) is 46.1 Å². The van der Waals surface area contributed by atoms with Crippen molar-refractivity contribution in [3.8, 4) is 22.3 Å². The molecular weight excluding hydrogens is 428 g/mol. The monoisotopic (exact) mass is 446 g/mol. The third-order valence-corrected chi connectivity index (χ3v) is 7.92. The second-order valence-corrected chi connectivity index (χ2v) is 9.65. The molecule has 0 aliphatic heterocycles. The van der Waals surface area contributed by atoms with Crippen molar-refractivity contribution in [2.45, 2.75) is 12.8 Å². The summed E-state index contributed by atoms with van der Waals surface area (Å²) < 4.78 is 2.20. The normalized spacial score (nSPS) is 13.5. The smallest absolute Gasteiger partial charge is 0.165 e. The quantitative estimate of drug-likeness (QED) is 0.243. The Morgan fingerprint density at radius 3 is 2.43 bits per heavy atom. The van der Waals surface area contributed by atoms with E-state index in [2.05, 4.69) is 59.0 Å². The molecule has 0 N–H and O–H groups in total. The first-order chi connectivity index (χ1) is 17.4. The minimum Gasteiger partial charge on any atom is -0.274 e. The number of nitrogens with zero attached hydrogens (tertiary/aromatic N) is 4. The van der Waals surface area contributed by atoms with Crippen LogP contribution in [0.2, 0.25) is 0 Å². The van der Waals surface area contributed by atoms with E-state index < -0.39 is 0 Å². The van der Waals surface area contributed by atoms with Crippen LogP contribution in [0.25, 0.3) is 60.9 Å². The predicted molar refractivity (Wildman–Crippen MR) is 140 cm³/mol. The van der Waals surface area contributed by atoms with Crippen LogP contribution in [0.15, 0.2) is 85.2 Å². The molecule has 0 atom stereocenters. The Hall–Kier alpha value is -4.57. The number of benzene rings is 3. The lowest BCUT2D eigenvalue weighted by Crippen LogP contribution is -1.96. The highest BCUT2D eigenvalue weighted by Gasteiger charge is 2.31. The minimum absolute atomic E-state index is 0.880. The highest BCUT2D eigenvalue weighted by atomic mass is 15.1. The Labute approximate surface area is 200 Å². The van der Waals surface area contributed by atoms with Crippen LogP contribution in [0, 0.1) is 0 Å². The van der Waals surface area contributed by atoms with Crippen LogP contribution in [0.5, 0.6) is 0 Å². The molecule has 0 spiro atoms. The van der Waals surface area contributed by atoms with Crippen LogP contribution < -0.4 is 0 Å². The minimum atomic E-state index is 0.880. The van der Waals surface area contributed by atoms with E-state index in [4.69, 9.17) is 15.0 Å². The number of imidazole rings is 1. The number of hydrogen-bond donors (Lipinski definition) is 0. The van der Waals surface area contributed by atoms with Gasteiger partial charge < -0.3 is 0 Å². The molecule has 0 bridgehead atoms. The highest BCUT2D eigenvalue weighted by molar-refractivity contribution is 6.16. The van der Waals surface area contributed by atoms with Gasteiger partial charge in [0.1, 0.15) is 11.2 Å². The third-order valence-electron chi connectivity index (χ3n) is 7.92. The van der Waals surface area contributed by atoms with Gasteiger partial charge in [-0.2, -0.15) is 0 Å². The Bertz CT molecular complexity index is 2070. The molecule has 4 heterocycles. The Morgan fingerprint density at radius 1 is 0.629 bits per heavy atom. The van der Waals surface area contributed by atoms with Gasteiger partial charge in [-0.05, 0) is 81.6 Å². The number of hydrogen-bond acceptors (Lipinski definition) is 3. The van der Waals surface area contributed by atoms with Gasteiger partial charge in [0.05, 0.1) is 11.0 Å². The van der Waals surface area contributed by atoms with Crippen molar-refractivity contribution in [1.82, 2.24) is 19.4 Å². The first-order valence-corrected chi connectivity index (χ1v) is 12.1. The first-order valence-electron chi connectivity index (χ1n) is 12.1. The molecule has 0 amide bonds. The molecule has 0 saturated carbocycles. The summed E-state index contributed by atoms with van der Waals surface area (Å²) in [6.45, 7) is 0. The SMILES string of the molecule is c1ccc2c(c1)Cc1ccc3c(c1-2)-c1ccc2c4ncccc4n4c5ncccc5nc4c2c1C3. The lowest BCUT2D eigenvalue weighted by atomic mass is 9.93. The zero-order valence-corrected chi connectivity index (χ0v) is 18.8. The maximum Gasteiger partial charge on any atom is 0.165 e. The van der Waals surface area contributed by atoms with E-state index in [1.165, 1.54) is 49.9 Å². The van der Waals surface area contributed by atoms with Crippen LogP contribution in [0.3, 0.4) is 0 Å². The standard InChI is InChI=1S/C31H18N4/c1-2-6-20-17(5-1)15-18-9-10-19-16-23-21(27(19)26(18)20)11-12-22-28(23)31-34-24-7-3-14-33-30(24)35(31)25-8-4-13-32-29(22)25/h1-14H,15-16H2. The molecule has 7 aromatic rings. The van der Waals surface area contributed by atoms with Crippen molar-refractivity contribution in [3.05, 3.63) is 107 Å². The second kappa shape index (κ2) is 6.10. The van der Waals surface area contributed by atoms with Crippen molar-refractivity contribution < 1.29 is 0 Å². The lowest BCUT2D eigenvalue weighted by Gasteiger charge is -2.13. The lowest BCUT2D eigenvalue weighted by molar-refractivity contribution is 1.22. The van der Waals surface area contributed by atoms with Gasteiger partial charge in [-0.1, -0.05) is 48.5 Å². The Balaban J connectivity index is 1.47. The van der Waals surface area contributed by atoms with E-state index in [-0.39, 0.29) is 0 Å². The van der Waals surface area contributed by atoms with E-state index in [9.17, 15) is 0 Å². The summed E-state index contributed by atoms with van der Waals surface area (Å²) in [6, 6.07) is 26.2. The van der Waals surface area contributed by atoms with Crippen molar-refractivity contribution >= 4 is 38.6 Å². The van der Waals surface area contributed by atoms with Crippen LogP contribution in [-0.2, 0) is 12.8 Å². The van der Waals surface area contributed by atoms with Gasteiger partial charge in [-0.15, -0.1) is 0 Å². The van der Waals surface area contributed by atoms with Crippen molar-refractivity contribution in [1.29, 1.82) is 0 Å². The molecular formula is C31H18N4. The summed E-state index contributed by atoms with van der Waals surface area (Å²) in [4.78, 5) is 14.7. The van der Waals surface area contributed by atoms with Crippen LogP contribution in [0.4, 0.5) is 0 Å². The molecule has 0 fully saturated rings. The topological polar surface area (TPSA) is 43.1 Å². The predicted octanol–water partition coefficient (Wildman–Crippen LogP) is 6.73. The van der Waals surface area contributed by atoms with E-state index in [1.807, 2.05) is 30.6 Å². The van der Waals surface area contributed by atoms with Crippen LogP contribution in [0.1, 0.15) is 22.3 Å². The zero-order chi connectivity index (χ0) is 22.7. The first kappa shape index (κ1) is 17.8. The zero-order valence-electron chi connectivity index (χ0n) is 18.8. The summed E-state index contributed by atoms with van der Waals surface area (Å²) in [5, 5.41) is 2.36. The number of aromatic nitrogens is 4.